The molecule has 4 N–H and O–H groups in total. The number of aliphatic hydroxyl groups is 1. The van der Waals surface area contributed by atoms with E-state index in [1.807, 2.05) is 0 Å². The van der Waals surface area contributed by atoms with Gasteiger partial charge in [-0.1, -0.05) is 102 Å². The van der Waals surface area contributed by atoms with Crippen molar-refractivity contribution in [3.63, 3.8) is 0 Å². The van der Waals surface area contributed by atoms with Crippen molar-refractivity contribution in [1.82, 2.24) is 5.32 Å². The van der Waals surface area contributed by atoms with Crippen LogP contribution in [-0.4, -0.2) is 64.9 Å². The van der Waals surface area contributed by atoms with Crippen molar-refractivity contribution in [1.29, 1.82) is 0 Å². The van der Waals surface area contributed by atoms with Crippen LogP contribution >= 0.6 is 7.82 Å². The van der Waals surface area contributed by atoms with Gasteiger partial charge in [-0.15, -0.1) is 0 Å². The van der Waals surface area contributed by atoms with Gasteiger partial charge in [0.25, 0.3) is 0 Å². The van der Waals surface area contributed by atoms with Gasteiger partial charge in [-0.05, 0) is 57.8 Å². The van der Waals surface area contributed by atoms with E-state index in [2.05, 4.69) is 43.5 Å². The molecule has 0 rings (SSSR count). The van der Waals surface area contributed by atoms with Gasteiger partial charge in [0, 0.05) is 12.8 Å². The number of phosphoric acid groups is 1. The van der Waals surface area contributed by atoms with Gasteiger partial charge in [-0.3, -0.25) is 18.6 Å². The first kappa shape index (κ1) is 45.0. The number of hydrogen-bond donors (Lipinski definition) is 4. The molecule has 0 saturated heterocycles. The van der Waals surface area contributed by atoms with Crippen LogP contribution in [0.1, 0.15) is 149 Å². The number of amides is 1. The molecule has 0 bridgehead atoms. The summed E-state index contributed by atoms with van der Waals surface area (Å²) in [6.45, 7) is 2.47. The predicted octanol–water partition coefficient (Wildman–Crippen LogP) is 7.94. The number of carbonyl (C=O) groups excluding carboxylic acids is 2. The molecule has 0 fully saturated rings. The molecular weight excluding hydrogens is 625 g/mol. The molecular formula is C35H64NO10P. The largest absolute Gasteiger partial charge is 0.480 e. The number of phosphoric ester groups is 1. The molecule has 0 aliphatic carbocycles. The Hall–Kier alpha value is -2.04. The molecule has 0 aliphatic heterocycles. The van der Waals surface area contributed by atoms with E-state index in [4.69, 9.17) is 13.8 Å². The first-order valence-electron chi connectivity index (χ1n) is 17.9. The predicted molar refractivity (Wildman–Crippen MR) is 185 cm³/mol. The van der Waals surface area contributed by atoms with Gasteiger partial charge in [0.2, 0.25) is 5.91 Å². The van der Waals surface area contributed by atoms with Gasteiger partial charge < -0.3 is 25.2 Å². The van der Waals surface area contributed by atoms with Crippen LogP contribution in [0.5, 0.6) is 0 Å². The lowest BCUT2D eigenvalue weighted by molar-refractivity contribution is -0.147. The monoisotopic (exact) mass is 689 g/mol. The molecule has 3 unspecified atom stereocenters. The summed E-state index contributed by atoms with van der Waals surface area (Å²) >= 11 is 0. The molecule has 0 radical (unpaired) electrons. The third kappa shape index (κ3) is 31.0. The summed E-state index contributed by atoms with van der Waals surface area (Å²) in [6, 6.07) is -1.55. The van der Waals surface area contributed by atoms with Crippen molar-refractivity contribution >= 4 is 25.7 Å². The highest BCUT2D eigenvalue weighted by molar-refractivity contribution is 7.47. The van der Waals surface area contributed by atoms with Crippen molar-refractivity contribution in [3.8, 4) is 0 Å². The zero-order valence-electron chi connectivity index (χ0n) is 29.1. The van der Waals surface area contributed by atoms with Crippen LogP contribution in [0.4, 0.5) is 0 Å². The second-order valence-electron chi connectivity index (χ2n) is 12.0. The number of aliphatic carboxylic acids is 1. The molecule has 274 valence electrons. The van der Waals surface area contributed by atoms with E-state index >= 15 is 0 Å². The summed E-state index contributed by atoms with van der Waals surface area (Å²) < 4.78 is 26.6. The Labute approximate surface area is 283 Å². The Kier molecular flexibility index (Phi) is 29.9. The average Bonchev–Trinajstić information content (AvgIpc) is 3.04. The quantitative estimate of drug-likeness (QED) is 0.0230. The highest BCUT2D eigenvalue weighted by atomic mass is 31.2. The van der Waals surface area contributed by atoms with Gasteiger partial charge in [-0.2, -0.15) is 0 Å². The minimum atomic E-state index is -4.75. The van der Waals surface area contributed by atoms with Gasteiger partial charge in [0.05, 0.1) is 13.2 Å². The number of unbranched alkanes of at least 4 members (excludes halogenated alkanes) is 15. The molecule has 0 aromatic carbocycles. The molecule has 0 spiro atoms. The van der Waals surface area contributed by atoms with Crippen molar-refractivity contribution < 1.29 is 47.8 Å². The number of nitrogens with one attached hydrogen (secondary N) is 1. The van der Waals surface area contributed by atoms with E-state index in [0.717, 1.165) is 77.0 Å². The third-order valence-electron chi connectivity index (χ3n) is 7.46. The SMILES string of the molecule is CCCC/C=C\CCCCCCCC(=O)OCC(O)COP(=O)(O)OCC(NC(=O)CCCCCCC/C=C\CCCCC)C(=O)O. The number of aliphatic hydroxyl groups excluding tert-OH is 1. The number of rotatable bonds is 33. The highest BCUT2D eigenvalue weighted by Crippen LogP contribution is 2.43. The van der Waals surface area contributed by atoms with Crippen molar-refractivity contribution in [2.24, 2.45) is 0 Å². The van der Waals surface area contributed by atoms with E-state index in [1.54, 1.807) is 0 Å². The van der Waals surface area contributed by atoms with Crippen molar-refractivity contribution in [2.75, 3.05) is 19.8 Å². The Morgan fingerprint density at radius 1 is 0.660 bits per heavy atom. The maximum absolute atomic E-state index is 12.2. The van der Waals surface area contributed by atoms with Crippen LogP contribution < -0.4 is 5.32 Å². The zero-order valence-corrected chi connectivity index (χ0v) is 30.0. The summed E-state index contributed by atoms with van der Waals surface area (Å²) in [5, 5.41) is 21.7. The maximum Gasteiger partial charge on any atom is 0.472 e. The molecule has 0 aliphatic rings. The fourth-order valence-electron chi connectivity index (χ4n) is 4.58. The van der Waals surface area contributed by atoms with Crippen LogP contribution in [0.15, 0.2) is 24.3 Å². The summed E-state index contributed by atoms with van der Waals surface area (Å²) in [4.78, 5) is 45.5. The Morgan fingerprint density at radius 3 is 1.68 bits per heavy atom. The fourth-order valence-corrected chi connectivity index (χ4v) is 5.35. The average molecular weight is 690 g/mol. The van der Waals surface area contributed by atoms with Gasteiger partial charge in [-0.25, -0.2) is 9.36 Å². The van der Waals surface area contributed by atoms with Crippen LogP contribution in [0.3, 0.4) is 0 Å². The highest BCUT2D eigenvalue weighted by Gasteiger charge is 2.28. The minimum absolute atomic E-state index is 0.135. The minimum Gasteiger partial charge on any atom is -0.480 e. The fraction of sp³-hybridized carbons (Fsp3) is 0.800. The molecule has 11 nitrogen and oxygen atoms in total. The maximum atomic E-state index is 12.2. The van der Waals surface area contributed by atoms with Crippen LogP contribution in [-0.2, 0) is 32.7 Å². The van der Waals surface area contributed by atoms with Gasteiger partial charge in [0.1, 0.15) is 12.7 Å². The number of carbonyl (C=O) groups is 3. The molecule has 1 amide bonds. The molecule has 0 heterocycles. The summed E-state index contributed by atoms with van der Waals surface area (Å²) in [5.41, 5.74) is 0. The van der Waals surface area contributed by atoms with Crippen molar-refractivity contribution in [3.05, 3.63) is 24.3 Å². The molecule has 12 heteroatoms. The van der Waals surface area contributed by atoms with Crippen LogP contribution in [0.25, 0.3) is 0 Å². The van der Waals surface area contributed by atoms with E-state index < -0.39 is 57.6 Å². The Bertz CT molecular complexity index is 911. The topological polar surface area (TPSA) is 169 Å². The van der Waals surface area contributed by atoms with Gasteiger partial charge in [0.15, 0.2) is 6.04 Å². The first-order chi connectivity index (χ1) is 22.6. The third-order valence-corrected chi connectivity index (χ3v) is 8.41. The lowest BCUT2D eigenvalue weighted by Crippen LogP contribution is -2.43. The van der Waals surface area contributed by atoms with Crippen molar-refractivity contribution in [2.45, 2.75) is 161 Å². The number of ether oxygens (including phenoxy) is 1. The summed E-state index contributed by atoms with van der Waals surface area (Å²) in [6.07, 6.45) is 27.9. The zero-order chi connectivity index (χ0) is 35.0. The smallest absolute Gasteiger partial charge is 0.472 e. The normalized spacial score (nSPS) is 14.3. The van der Waals surface area contributed by atoms with E-state index in [1.165, 1.54) is 32.1 Å². The number of allylic oxidation sites excluding steroid dienone is 4. The summed E-state index contributed by atoms with van der Waals surface area (Å²) in [7, 11) is -4.75. The lowest BCUT2D eigenvalue weighted by Gasteiger charge is -2.18. The van der Waals surface area contributed by atoms with E-state index in [9.17, 15) is 34.1 Å². The van der Waals surface area contributed by atoms with E-state index in [-0.39, 0.29) is 12.8 Å². The number of carboxylic acids is 1. The Morgan fingerprint density at radius 2 is 1.13 bits per heavy atom. The molecule has 47 heavy (non-hydrogen) atoms. The standard InChI is InChI=1S/C35H64NO10P/c1-3-5-7-9-11-13-15-17-18-20-22-24-26-33(38)36-32(35(40)41)30-46-47(42,43)45-29-31(37)28-44-34(39)27-25-23-21-19-16-14-12-10-8-6-4-2/h10-13,31-32,37H,3-9,14-30H2,1-2H3,(H,36,38)(H,40,41)(H,42,43)/b12-10-,13-11-. The molecule has 3 atom stereocenters. The first-order valence-corrected chi connectivity index (χ1v) is 19.4. The van der Waals surface area contributed by atoms with Crippen LogP contribution in [0, 0.1) is 0 Å². The second-order valence-corrected chi connectivity index (χ2v) is 13.5. The second kappa shape index (κ2) is 31.2. The molecule has 0 saturated carbocycles. The number of esters is 1. The van der Waals surface area contributed by atoms with Gasteiger partial charge >= 0.3 is 19.8 Å². The lowest BCUT2D eigenvalue weighted by atomic mass is 10.1. The molecule has 0 aromatic rings. The number of carboxylic acid groups (broad SMARTS) is 1. The van der Waals surface area contributed by atoms with E-state index in [0.29, 0.717) is 12.8 Å². The molecule has 0 aromatic heterocycles. The van der Waals surface area contributed by atoms with Crippen LogP contribution in [0.2, 0.25) is 0 Å². The Balaban J connectivity index is 4.03. The number of hydrogen-bond acceptors (Lipinski definition) is 8. The summed E-state index contributed by atoms with van der Waals surface area (Å²) in [5.74, 6) is -2.40.